The Morgan fingerprint density at radius 1 is 1.15 bits per heavy atom. The van der Waals surface area contributed by atoms with Gasteiger partial charge in [0.1, 0.15) is 5.75 Å². The summed E-state index contributed by atoms with van der Waals surface area (Å²) >= 11 is 0. The largest absolute Gasteiger partial charge is 0.497 e. The van der Waals surface area contributed by atoms with Gasteiger partial charge in [0.05, 0.1) is 13.5 Å². The number of rotatable bonds is 6. The summed E-state index contributed by atoms with van der Waals surface area (Å²) in [6.45, 7) is 0.715. The zero-order valence-corrected chi connectivity index (χ0v) is 11.4. The minimum atomic E-state index is -0.318. The number of hydrogen-bond acceptors (Lipinski definition) is 3. The summed E-state index contributed by atoms with van der Waals surface area (Å²) in [5.41, 5.74) is 8.22. The van der Waals surface area contributed by atoms with Crippen molar-refractivity contribution in [3.05, 3.63) is 59.7 Å². The third-order valence-electron chi connectivity index (χ3n) is 2.96. The van der Waals surface area contributed by atoms with E-state index in [2.05, 4.69) is 5.32 Å². The first-order valence-electron chi connectivity index (χ1n) is 6.41. The maximum atomic E-state index is 10.8. The molecule has 2 rings (SSSR count). The van der Waals surface area contributed by atoms with Crippen LogP contribution in [0.3, 0.4) is 0 Å². The lowest BCUT2D eigenvalue weighted by molar-refractivity contribution is -0.117. The fourth-order valence-corrected chi connectivity index (χ4v) is 1.93. The molecule has 0 aliphatic carbocycles. The number of benzene rings is 2. The molecule has 0 aliphatic heterocycles. The molecule has 20 heavy (non-hydrogen) atoms. The monoisotopic (exact) mass is 270 g/mol. The molecule has 2 aromatic carbocycles. The molecule has 0 saturated heterocycles. The topological polar surface area (TPSA) is 64.3 Å². The number of ether oxygens (including phenoxy) is 1. The Hall–Kier alpha value is -2.49. The zero-order valence-electron chi connectivity index (χ0n) is 11.4. The van der Waals surface area contributed by atoms with Gasteiger partial charge in [0.2, 0.25) is 5.91 Å². The van der Waals surface area contributed by atoms with E-state index >= 15 is 0 Å². The van der Waals surface area contributed by atoms with Crippen molar-refractivity contribution in [1.29, 1.82) is 0 Å². The van der Waals surface area contributed by atoms with Gasteiger partial charge in [-0.2, -0.15) is 0 Å². The molecule has 4 heteroatoms. The molecular formula is C16H18N2O2. The average molecular weight is 270 g/mol. The first kappa shape index (κ1) is 13.9. The predicted molar refractivity (Wildman–Crippen MR) is 79.7 cm³/mol. The molecule has 3 N–H and O–H groups in total. The van der Waals surface area contributed by atoms with Gasteiger partial charge in [0.15, 0.2) is 0 Å². The lowest BCUT2D eigenvalue weighted by Crippen LogP contribution is -2.13. The van der Waals surface area contributed by atoms with E-state index in [0.29, 0.717) is 6.54 Å². The van der Waals surface area contributed by atoms with Gasteiger partial charge < -0.3 is 15.8 Å². The van der Waals surface area contributed by atoms with Crippen molar-refractivity contribution >= 4 is 11.6 Å². The van der Waals surface area contributed by atoms with Crippen molar-refractivity contribution < 1.29 is 9.53 Å². The van der Waals surface area contributed by atoms with Gasteiger partial charge in [-0.3, -0.25) is 4.79 Å². The van der Waals surface area contributed by atoms with E-state index in [4.69, 9.17) is 10.5 Å². The van der Waals surface area contributed by atoms with Gasteiger partial charge >= 0.3 is 0 Å². The fourth-order valence-electron chi connectivity index (χ4n) is 1.93. The predicted octanol–water partition coefficient (Wildman–Crippen LogP) is 2.34. The number of anilines is 1. The van der Waals surface area contributed by atoms with Crippen molar-refractivity contribution in [2.24, 2.45) is 5.73 Å². The molecule has 4 nitrogen and oxygen atoms in total. The summed E-state index contributed by atoms with van der Waals surface area (Å²) in [5.74, 6) is 0.531. The van der Waals surface area contributed by atoms with Crippen LogP contribution in [0, 0.1) is 0 Å². The number of amides is 1. The quantitative estimate of drug-likeness (QED) is 0.846. The Bertz CT molecular complexity index is 579. The molecule has 104 valence electrons. The molecule has 0 radical (unpaired) electrons. The van der Waals surface area contributed by atoms with E-state index in [-0.39, 0.29) is 12.3 Å². The van der Waals surface area contributed by atoms with Gasteiger partial charge in [-0.05, 0) is 35.4 Å². The normalized spacial score (nSPS) is 10.1. The van der Waals surface area contributed by atoms with E-state index in [1.165, 1.54) is 0 Å². The Labute approximate surface area is 118 Å². The number of carbonyl (C=O) groups excluding carboxylic acids is 1. The number of primary amides is 1. The fraction of sp³-hybridized carbons (Fsp3) is 0.188. The lowest BCUT2D eigenvalue weighted by atomic mass is 10.1. The molecule has 0 bridgehead atoms. The second-order valence-electron chi connectivity index (χ2n) is 4.55. The van der Waals surface area contributed by atoms with Crippen molar-refractivity contribution in [3.63, 3.8) is 0 Å². The third kappa shape index (κ3) is 4.02. The van der Waals surface area contributed by atoms with E-state index in [1.54, 1.807) is 7.11 Å². The van der Waals surface area contributed by atoms with Crippen LogP contribution in [0.1, 0.15) is 11.1 Å². The Kier molecular flexibility index (Phi) is 4.60. The highest BCUT2D eigenvalue weighted by molar-refractivity contribution is 5.76. The summed E-state index contributed by atoms with van der Waals surface area (Å²) in [6.07, 6.45) is 0.274. The molecular weight excluding hydrogens is 252 g/mol. The van der Waals surface area contributed by atoms with Crippen LogP contribution >= 0.6 is 0 Å². The van der Waals surface area contributed by atoms with Gasteiger partial charge in [0.25, 0.3) is 0 Å². The lowest BCUT2D eigenvalue weighted by Gasteiger charge is -2.08. The van der Waals surface area contributed by atoms with Crippen LogP contribution < -0.4 is 15.8 Å². The van der Waals surface area contributed by atoms with Crippen molar-refractivity contribution in [2.45, 2.75) is 13.0 Å². The maximum absolute atomic E-state index is 10.8. The number of carbonyl (C=O) groups is 1. The van der Waals surface area contributed by atoms with E-state index in [9.17, 15) is 4.79 Å². The molecule has 0 fully saturated rings. The van der Waals surface area contributed by atoms with Crippen molar-refractivity contribution in [2.75, 3.05) is 12.4 Å². The van der Waals surface area contributed by atoms with Crippen molar-refractivity contribution in [1.82, 2.24) is 0 Å². The Morgan fingerprint density at radius 2 is 1.90 bits per heavy atom. The first-order valence-corrected chi connectivity index (χ1v) is 6.41. The highest BCUT2D eigenvalue weighted by Gasteiger charge is 1.99. The van der Waals surface area contributed by atoms with E-state index < -0.39 is 0 Å². The van der Waals surface area contributed by atoms with Crippen LogP contribution in [0.25, 0.3) is 0 Å². The van der Waals surface area contributed by atoms with Gasteiger partial charge in [-0.25, -0.2) is 0 Å². The SMILES string of the molecule is COc1cccc(CNc2ccc(CC(N)=O)cc2)c1. The van der Waals surface area contributed by atoms with Crippen LogP contribution in [0.5, 0.6) is 5.75 Å². The highest BCUT2D eigenvalue weighted by atomic mass is 16.5. The second kappa shape index (κ2) is 6.61. The maximum Gasteiger partial charge on any atom is 0.221 e. The van der Waals surface area contributed by atoms with Gasteiger partial charge in [-0.1, -0.05) is 24.3 Å². The summed E-state index contributed by atoms with van der Waals surface area (Å²) in [7, 11) is 1.66. The number of methoxy groups -OCH3 is 1. The minimum absolute atomic E-state index is 0.274. The second-order valence-corrected chi connectivity index (χ2v) is 4.55. The van der Waals surface area contributed by atoms with Crippen molar-refractivity contribution in [3.8, 4) is 5.75 Å². The van der Waals surface area contributed by atoms with Crippen LogP contribution in [-0.2, 0) is 17.8 Å². The molecule has 1 amide bonds. The average Bonchev–Trinajstić information content (AvgIpc) is 2.46. The van der Waals surface area contributed by atoms with Gasteiger partial charge in [0, 0.05) is 12.2 Å². The summed E-state index contributed by atoms with van der Waals surface area (Å²) in [5, 5.41) is 3.32. The van der Waals surface area contributed by atoms with Crippen LogP contribution in [0.15, 0.2) is 48.5 Å². The molecule has 0 unspecified atom stereocenters. The van der Waals surface area contributed by atoms with Gasteiger partial charge in [-0.15, -0.1) is 0 Å². The first-order chi connectivity index (χ1) is 9.67. The van der Waals surface area contributed by atoms with E-state index in [1.807, 2.05) is 48.5 Å². The molecule has 0 aromatic heterocycles. The highest BCUT2D eigenvalue weighted by Crippen LogP contribution is 2.15. The molecule has 0 aliphatic rings. The molecule has 0 atom stereocenters. The standard InChI is InChI=1S/C16H18N2O2/c1-20-15-4-2-3-13(9-15)11-18-14-7-5-12(6-8-14)10-16(17)19/h2-9,18H,10-11H2,1H3,(H2,17,19). The minimum Gasteiger partial charge on any atom is -0.497 e. The zero-order chi connectivity index (χ0) is 14.4. The smallest absolute Gasteiger partial charge is 0.221 e. The summed E-state index contributed by atoms with van der Waals surface area (Å²) in [4.78, 5) is 10.8. The molecule has 0 saturated carbocycles. The molecule has 0 spiro atoms. The Morgan fingerprint density at radius 3 is 2.55 bits per heavy atom. The molecule has 0 heterocycles. The van der Waals surface area contributed by atoms with E-state index in [0.717, 1.165) is 22.6 Å². The number of nitrogens with two attached hydrogens (primary N) is 1. The number of hydrogen-bond donors (Lipinski definition) is 2. The third-order valence-corrected chi connectivity index (χ3v) is 2.96. The Balaban J connectivity index is 1.94. The van der Waals surface area contributed by atoms with Crippen LogP contribution in [0.4, 0.5) is 5.69 Å². The van der Waals surface area contributed by atoms with Crippen LogP contribution in [0.2, 0.25) is 0 Å². The van der Waals surface area contributed by atoms with Crippen LogP contribution in [-0.4, -0.2) is 13.0 Å². The molecule has 2 aromatic rings. The summed E-state index contributed by atoms with van der Waals surface area (Å²) < 4.78 is 5.19. The summed E-state index contributed by atoms with van der Waals surface area (Å²) in [6, 6.07) is 15.6. The number of nitrogens with one attached hydrogen (secondary N) is 1.